The highest BCUT2D eigenvalue weighted by Crippen LogP contribution is 2.27. The fraction of sp³-hybridized carbons (Fsp3) is 0.321. The van der Waals surface area contributed by atoms with Gasteiger partial charge in [0.05, 0.1) is 16.3 Å². The van der Waals surface area contributed by atoms with E-state index in [4.69, 9.17) is 0 Å². The first-order valence-electron chi connectivity index (χ1n) is 12.9. The van der Waals surface area contributed by atoms with Gasteiger partial charge in [0.1, 0.15) is 5.75 Å². The molecule has 216 valence electrons. The fourth-order valence-corrected chi connectivity index (χ4v) is 5.22. The number of aromatic nitrogens is 2. The van der Waals surface area contributed by atoms with E-state index in [2.05, 4.69) is 42.2 Å². The molecule has 1 saturated heterocycles. The minimum atomic E-state index is -4.78. The number of halogens is 3. The van der Waals surface area contributed by atoms with Gasteiger partial charge in [0.25, 0.3) is 11.1 Å². The second-order valence-corrected chi connectivity index (χ2v) is 10.3. The van der Waals surface area contributed by atoms with Gasteiger partial charge in [-0.2, -0.15) is 0 Å². The molecule has 3 N–H and O–H groups in total. The van der Waals surface area contributed by atoms with Crippen molar-refractivity contribution in [3.05, 3.63) is 77.1 Å². The zero-order chi connectivity index (χ0) is 29.4. The van der Waals surface area contributed by atoms with Crippen molar-refractivity contribution in [3.8, 4) is 5.75 Å². The van der Waals surface area contributed by atoms with Crippen molar-refractivity contribution >= 4 is 40.6 Å². The van der Waals surface area contributed by atoms with Crippen molar-refractivity contribution < 1.29 is 27.5 Å². The molecule has 2 heterocycles. The molecule has 1 aliphatic heterocycles. The number of anilines is 1. The predicted octanol–water partition coefficient (Wildman–Crippen LogP) is 5.59. The molecule has 2 aliphatic rings. The maximum absolute atomic E-state index is 12.7. The van der Waals surface area contributed by atoms with Crippen LogP contribution in [-0.2, 0) is 4.79 Å². The Kier molecular flexibility index (Phi) is 9.95. The van der Waals surface area contributed by atoms with Gasteiger partial charge in [0.2, 0.25) is 5.95 Å². The van der Waals surface area contributed by atoms with Gasteiger partial charge < -0.3 is 15.4 Å². The maximum Gasteiger partial charge on any atom is 0.573 e. The van der Waals surface area contributed by atoms with Crippen LogP contribution in [0.15, 0.2) is 70.9 Å². The third-order valence-corrected chi connectivity index (χ3v) is 7.26. The van der Waals surface area contributed by atoms with Crippen LogP contribution in [0.3, 0.4) is 0 Å². The molecule has 0 bridgehead atoms. The second kappa shape index (κ2) is 13.6. The lowest BCUT2D eigenvalue weighted by Crippen LogP contribution is -2.38. The number of hydrogen-bond acceptors (Lipinski definition) is 9. The molecule has 0 radical (unpaired) electrons. The molecule has 1 aromatic heterocycles. The van der Waals surface area contributed by atoms with Gasteiger partial charge in [-0.1, -0.05) is 24.8 Å². The molecule has 2 fully saturated rings. The van der Waals surface area contributed by atoms with Crippen LogP contribution in [0.1, 0.15) is 43.9 Å². The molecule has 1 saturated carbocycles. The molecule has 1 aromatic carbocycles. The fourth-order valence-electron chi connectivity index (χ4n) is 4.55. The highest BCUT2D eigenvalue weighted by atomic mass is 32.2. The van der Waals surface area contributed by atoms with E-state index in [-0.39, 0.29) is 22.7 Å². The third kappa shape index (κ3) is 8.76. The molecule has 9 nitrogen and oxygen atoms in total. The monoisotopic (exact) mass is 586 g/mol. The minimum absolute atomic E-state index is 0.164. The van der Waals surface area contributed by atoms with Crippen molar-refractivity contribution in [2.75, 3.05) is 11.9 Å². The van der Waals surface area contributed by atoms with Gasteiger partial charge in [-0.15, -0.1) is 13.2 Å². The van der Waals surface area contributed by atoms with Crippen LogP contribution in [0.4, 0.5) is 23.9 Å². The summed E-state index contributed by atoms with van der Waals surface area (Å²) in [7, 11) is 0. The summed E-state index contributed by atoms with van der Waals surface area (Å²) in [6.07, 6.45) is 5.13. The first kappa shape index (κ1) is 30.0. The SMILES string of the molecule is C=CN=C(/C(=C\C)CNC1CCC(Nc2nccc(/C=C3\SC(=O)NC3=O)n2)CC1)c1cccc(OC(F)(F)F)c1. The normalized spacial score (nSPS) is 21.1. The number of thioether (sulfide) groups is 1. The van der Waals surface area contributed by atoms with Crippen LogP contribution in [0.5, 0.6) is 5.75 Å². The van der Waals surface area contributed by atoms with Crippen molar-refractivity contribution in [3.63, 3.8) is 0 Å². The molecular weight excluding hydrogens is 557 g/mol. The summed E-state index contributed by atoms with van der Waals surface area (Å²) < 4.78 is 42.2. The van der Waals surface area contributed by atoms with E-state index in [1.807, 2.05) is 13.0 Å². The Balaban J connectivity index is 1.31. The van der Waals surface area contributed by atoms with Gasteiger partial charge >= 0.3 is 6.36 Å². The van der Waals surface area contributed by atoms with Crippen molar-refractivity contribution in [1.82, 2.24) is 20.6 Å². The first-order chi connectivity index (χ1) is 19.6. The summed E-state index contributed by atoms with van der Waals surface area (Å²) >= 11 is 0.835. The predicted molar refractivity (Wildman–Crippen MR) is 152 cm³/mol. The number of carbonyl (C=O) groups excluding carboxylic acids is 2. The smallest absolute Gasteiger partial charge is 0.406 e. The maximum atomic E-state index is 12.7. The highest BCUT2D eigenvalue weighted by Gasteiger charge is 2.31. The van der Waals surface area contributed by atoms with Gasteiger partial charge in [0, 0.05) is 36.6 Å². The summed E-state index contributed by atoms with van der Waals surface area (Å²) in [6, 6.07) is 7.79. The van der Waals surface area contributed by atoms with Gasteiger partial charge in [-0.25, -0.2) is 9.97 Å². The number of nitrogens with zero attached hydrogens (tertiary/aromatic N) is 3. The largest absolute Gasteiger partial charge is 0.573 e. The van der Waals surface area contributed by atoms with Crippen LogP contribution >= 0.6 is 11.8 Å². The number of allylic oxidation sites excluding steroid dienone is 1. The number of imide groups is 1. The summed E-state index contributed by atoms with van der Waals surface area (Å²) in [5.41, 5.74) is 2.36. The Labute approximate surface area is 239 Å². The number of rotatable bonds is 10. The second-order valence-electron chi connectivity index (χ2n) is 9.28. The van der Waals surface area contributed by atoms with E-state index in [0.717, 1.165) is 43.0 Å². The van der Waals surface area contributed by atoms with Gasteiger partial charge in [-0.05, 0) is 74.2 Å². The number of ether oxygens (including phenoxy) is 1. The lowest BCUT2D eigenvalue weighted by Gasteiger charge is -2.30. The average Bonchev–Trinajstić information content (AvgIpc) is 3.24. The van der Waals surface area contributed by atoms with Crippen LogP contribution in [0, 0.1) is 0 Å². The standard InChI is InChI=1S/C28H29F3N6O3S/c1-3-17(24(32-4-2)18-6-5-7-22(14-18)40-28(29,30)31)16-34-19-8-10-20(11-9-19)35-26-33-13-12-21(36-26)15-23-25(38)37-27(39)41-23/h3-7,12-15,19-20,34H,2,8-11,16H2,1H3,(H,33,35,36)(H,37,38,39)/b17-3-,23-15-,32-24?. The highest BCUT2D eigenvalue weighted by molar-refractivity contribution is 8.18. The molecular formula is C28H29F3N6O3S. The summed E-state index contributed by atoms with van der Waals surface area (Å²) in [5, 5.41) is 8.71. The van der Waals surface area contributed by atoms with Crippen molar-refractivity contribution in [2.24, 2.45) is 4.99 Å². The summed E-state index contributed by atoms with van der Waals surface area (Å²) in [6.45, 7) is 5.99. The Morgan fingerprint density at radius 2 is 1.98 bits per heavy atom. The van der Waals surface area contributed by atoms with Gasteiger partial charge in [0.15, 0.2) is 0 Å². The van der Waals surface area contributed by atoms with Crippen LogP contribution in [-0.4, -0.2) is 51.8 Å². The van der Waals surface area contributed by atoms with Crippen molar-refractivity contribution in [1.29, 1.82) is 0 Å². The number of aliphatic imine (C=N–C) groups is 1. The Bertz CT molecular complexity index is 1380. The lowest BCUT2D eigenvalue weighted by molar-refractivity contribution is -0.274. The quantitative estimate of drug-likeness (QED) is 0.244. The molecule has 0 spiro atoms. The molecule has 1 aliphatic carbocycles. The molecule has 13 heteroatoms. The Hall–Kier alpha value is -3.97. The van der Waals surface area contributed by atoms with Crippen LogP contribution in [0.2, 0.25) is 0 Å². The number of carbonyl (C=O) groups is 2. The summed E-state index contributed by atoms with van der Waals surface area (Å²) in [5.74, 6) is -0.305. The average molecular weight is 587 g/mol. The molecule has 41 heavy (non-hydrogen) atoms. The van der Waals surface area contributed by atoms with Crippen molar-refractivity contribution in [2.45, 2.75) is 51.1 Å². The lowest BCUT2D eigenvalue weighted by atomic mass is 9.91. The Morgan fingerprint density at radius 1 is 1.22 bits per heavy atom. The number of amides is 2. The first-order valence-corrected chi connectivity index (χ1v) is 13.7. The third-order valence-electron chi connectivity index (χ3n) is 6.45. The number of nitrogens with one attached hydrogen (secondary N) is 3. The van der Waals surface area contributed by atoms with Crippen LogP contribution in [0.25, 0.3) is 6.08 Å². The zero-order valence-corrected chi connectivity index (χ0v) is 23.0. The number of alkyl halides is 3. The molecule has 4 rings (SSSR count). The molecule has 0 atom stereocenters. The van der Waals surface area contributed by atoms with Crippen LogP contribution < -0.4 is 20.7 Å². The van der Waals surface area contributed by atoms with E-state index >= 15 is 0 Å². The van der Waals surface area contributed by atoms with E-state index < -0.39 is 17.5 Å². The number of benzene rings is 1. The van der Waals surface area contributed by atoms with E-state index in [1.165, 1.54) is 24.4 Å². The number of hydrogen-bond donors (Lipinski definition) is 3. The zero-order valence-electron chi connectivity index (χ0n) is 22.2. The summed E-state index contributed by atoms with van der Waals surface area (Å²) in [4.78, 5) is 36.5. The van der Waals surface area contributed by atoms with Gasteiger partial charge in [-0.3, -0.25) is 19.9 Å². The minimum Gasteiger partial charge on any atom is -0.406 e. The Morgan fingerprint density at radius 3 is 2.63 bits per heavy atom. The molecule has 2 amide bonds. The van der Waals surface area contributed by atoms with E-state index in [0.29, 0.717) is 29.5 Å². The van der Waals surface area contributed by atoms with E-state index in [9.17, 15) is 22.8 Å². The molecule has 0 unspecified atom stereocenters. The molecule has 2 aromatic rings. The van der Waals surface area contributed by atoms with E-state index in [1.54, 1.807) is 24.4 Å². The topological polar surface area (TPSA) is 118 Å².